The van der Waals surface area contributed by atoms with E-state index < -0.39 is 29.2 Å². The van der Waals surface area contributed by atoms with Crippen molar-refractivity contribution in [3.05, 3.63) is 65.7 Å². The fourth-order valence-corrected chi connectivity index (χ4v) is 2.13. The zero-order valence-electron chi connectivity index (χ0n) is 15.2. The van der Waals surface area contributed by atoms with Crippen LogP contribution in [-0.2, 0) is 9.53 Å². The van der Waals surface area contributed by atoms with Crippen LogP contribution < -0.4 is 10.6 Å². The summed E-state index contributed by atoms with van der Waals surface area (Å²) in [4.78, 5) is 24.0. The van der Waals surface area contributed by atoms with E-state index in [4.69, 9.17) is 4.74 Å². The van der Waals surface area contributed by atoms with Crippen LogP contribution in [0.15, 0.2) is 48.5 Å². The molecule has 0 aromatic heterocycles. The molecule has 27 heavy (non-hydrogen) atoms. The number of hydrogen-bond donors (Lipinski definition) is 2. The van der Waals surface area contributed by atoms with Crippen molar-refractivity contribution in [1.82, 2.24) is 0 Å². The van der Waals surface area contributed by atoms with Gasteiger partial charge in [0.15, 0.2) is 0 Å². The Balaban J connectivity index is 2.07. The molecule has 0 aliphatic heterocycles. The number of carbonyl (C=O) groups is 2. The Morgan fingerprint density at radius 3 is 2.07 bits per heavy atom. The first-order valence-electron chi connectivity index (χ1n) is 8.16. The van der Waals surface area contributed by atoms with Gasteiger partial charge >= 0.3 is 6.09 Å². The van der Waals surface area contributed by atoms with E-state index in [2.05, 4.69) is 10.6 Å². The second kappa shape index (κ2) is 8.44. The van der Waals surface area contributed by atoms with E-state index in [-0.39, 0.29) is 5.56 Å². The van der Waals surface area contributed by atoms with Crippen LogP contribution in [0.1, 0.15) is 26.3 Å². The molecule has 2 N–H and O–H groups in total. The van der Waals surface area contributed by atoms with Gasteiger partial charge in [-0.25, -0.2) is 13.6 Å². The van der Waals surface area contributed by atoms with Crippen LogP contribution in [0.3, 0.4) is 0 Å². The van der Waals surface area contributed by atoms with E-state index in [1.165, 1.54) is 6.08 Å². The summed E-state index contributed by atoms with van der Waals surface area (Å²) in [6, 6.07) is 9.52. The molecule has 0 spiro atoms. The highest BCUT2D eigenvalue weighted by atomic mass is 19.1. The third kappa shape index (κ3) is 6.89. The van der Waals surface area contributed by atoms with E-state index in [1.54, 1.807) is 45.0 Å². The molecule has 0 radical (unpaired) electrons. The lowest BCUT2D eigenvalue weighted by molar-refractivity contribution is -0.111. The van der Waals surface area contributed by atoms with Crippen LogP contribution in [0.25, 0.3) is 6.08 Å². The standard InChI is InChI=1S/C20H20F2N2O3/c1-20(2,3)27-19(26)24-17-7-5-4-6-16(17)23-18(25)9-8-13-10-14(21)12-15(22)11-13/h4-12H,1-3H3,(H,23,25)(H,24,26). The van der Waals surface area contributed by atoms with Crippen LogP contribution in [0.2, 0.25) is 0 Å². The summed E-state index contributed by atoms with van der Waals surface area (Å²) < 4.78 is 31.5. The van der Waals surface area contributed by atoms with Crippen LogP contribution in [0, 0.1) is 11.6 Å². The third-order valence-corrected chi connectivity index (χ3v) is 3.13. The summed E-state index contributed by atoms with van der Waals surface area (Å²) in [5.74, 6) is -2.00. The number of benzene rings is 2. The molecule has 0 saturated carbocycles. The van der Waals surface area contributed by atoms with Crippen LogP contribution >= 0.6 is 0 Å². The summed E-state index contributed by atoms with van der Waals surface area (Å²) in [5.41, 5.74) is 0.252. The Labute approximate surface area is 156 Å². The predicted molar refractivity (Wildman–Crippen MR) is 100 cm³/mol. The molecule has 0 heterocycles. The van der Waals surface area contributed by atoms with E-state index in [0.29, 0.717) is 11.4 Å². The maximum Gasteiger partial charge on any atom is 0.412 e. The second-order valence-corrected chi connectivity index (χ2v) is 6.70. The van der Waals surface area contributed by atoms with Gasteiger partial charge in [-0.2, -0.15) is 0 Å². The Kier molecular flexibility index (Phi) is 6.28. The molecule has 142 valence electrons. The smallest absolute Gasteiger partial charge is 0.412 e. The lowest BCUT2D eigenvalue weighted by Gasteiger charge is -2.20. The molecule has 0 aliphatic carbocycles. The Bertz CT molecular complexity index is 854. The van der Waals surface area contributed by atoms with Crippen molar-refractivity contribution in [3.63, 3.8) is 0 Å². The van der Waals surface area contributed by atoms with E-state index in [9.17, 15) is 18.4 Å². The number of hydrogen-bond acceptors (Lipinski definition) is 3. The van der Waals surface area contributed by atoms with Gasteiger partial charge < -0.3 is 10.1 Å². The van der Waals surface area contributed by atoms with Gasteiger partial charge in [0, 0.05) is 12.1 Å². The highest BCUT2D eigenvalue weighted by molar-refractivity contribution is 6.04. The summed E-state index contributed by atoms with van der Waals surface area (Å²) >= 11 is 0. The van der Waals surface area contributed by atoms with E-state index in [1.807, 2.05) is 0 Å². The van der Waals surface area contributed by atoms with Crippen molar-refractivity contribution in [1.29, 1.82) is 0 Å². The minimum Gasteiger partial charge on any atom is -0.444 e. The maximum absolute atomic E-state index is 13.2. The maximum atomic E-state index is 13.2. The van der Waals surface area contributed by atoms with Gasteiger partial charge in [0.05, 0.1) is 11.4 Å². The van der Waals surface area contributed by atoms with Crippen molar-refractivity contribution >= 4 is 29.5 Å². The molecule has 2 amide bonds. The first-order chi connectivity index (χ1) is 12.6. The van der Waals surface area contributed by atoms with Crippen molar-refractivity contribution in [2.24, 2.45) is 0 Å². The predicted octanol–water partition coefficient (Wildman–Crippen LogP) is 4.96. The first kappa shape index (κ1) is 20.1. The SMILES string of the molecule is CC(C)(C)OC(=O)Nc1ccccc1NC(=O)C=Cc1cc(F)cc(F)c1. The molecule has 0 saturated heterocycles. The molecule has 2 aromatic carbocycles. The molecule has 0 unspecified atom stereocenters. The average Bonchev–Trinajstić information content (AvgIpc) is 2.52. The number of halogens is 2. The van der Waals surface area contributed by atoms with Crippen molar-refractivity contribution in [2.45, 2.75) is 26.4 Å². The van der Waals surface area contributed by atoms with Crippen LogP contribution in [0.5, 0.6) is 0 Å². The zero-order chi connectivity index (χ0) is 20.0. The van der Waals surface area contributed by atoms with E-state index in [0.717, 1.165) is 24.3 Å². The fourth-order valence-electron chi connectivity index (χ4n) is 2.13. The van der Waals surface area contributed by atoms with Gasteiger partial charge in [-0.15, -0.1) is 0 Å². The molecule has 2 rings (SSSR count). The molecule has 0 fully saturated rings. The van der Waals surface area contributed by atoms with Crippen molar-refractivity contribution < 1.29 is 23.1 Å². The largest absolute Gasteiger partial charge is 0.444 e. The zero-order valence-corrected chi connectivity index (χ0v) is 15.2. The van der Waals surface area contributed by atoms with E-state index >= 15 is 0 Å². The number of nitrogens with one attached hydrogen (secondary N) is 2. The molecular formula is C20H20F2N2O3. The molecule has 0 aliphatic rings. The van der Waals surface area contributed by atoms with Crippen molar-refractivity contribution in [3.8, 4) is 0 Å². The molecule has 5 nitrogen and oxygen atoms in total. The lowest BCUT2D eigenvalue weighted by atomic mass is 10.2. The van der Waals surface area contributed by atoms with Gasteiger partial charge in [-0.1, -0.05) is 12.1 Å². The minimum atomic E-state index is -0.734. The number of para-hydroxylation sites is 2. The molecule has 7 heteroatoms. The Morgan fingerprint density at radius 2 is 1.52 bits per heavy atom. The monoisotopic (exact) mass is 374 g/mol. The Hall–Kier alpha value is -3.22. The minimum absolute atomic E-state index is 0.211. The third-order valence-electron chi connectivity index (χ3n) is 3.13. The second-order valence-electron chi connectivity index (χ2n) is 6.70. The van der Waals surface area contributed by atoms with Gasteiger partial charge in [-0.3, -0.25) is 10.1 Å². The molecular weight excluding hydrogens is 354 g/mol. The van der Waals surface area contributed by atoms with Crippen LogP contribution in [0.4, 0.5) is 25.0 Å². The quantitative estimate of drug-likeness (QED) is 0.743. The highest BCUT2D eigenvalue weighted by Crippen LogP contribution is 2.22. The number of amides is 2. The summed E-state index contributed by atoms with van der Waals surface area (Å²) in [6.07, 6.45) is 1.76. The highest BCUT2D eigenvalue weighted by Gasteiger charge is 2.17. The first-order valence-corrected chi connectivity index (χ1v) is 8.16. The van der Waals surface area contributed by atoms with Gasteiger partial charge in [0.2, 0.25) is 5.91 Å². The van der Waals surface area contributed by atoms with Crippen molar-refractivity contribution in [2.75, 3.05) is 10.6 Å². The van der Waals surface area contributed by atoms with Gasteiger partial charge in [0.1, 0.15) is 17.2 Å². The normalized spacial score (nSPS) is 11.3. The van der Waals surface area contributed by atoms with Gasteiger partial charge in [0.25, 0.3) is 0 Å². The number of rotatable bonds is 4. The molecule has 0 atom stereocenters. The average molecular weight is 374 g/mol. The number of carbonyl (C=O) groups excluding carboxylic acids is 2. The van der Waals surface area contributed by atoms with Crippen LogP contribution in [-0.4, -0.2) is 17.6 Å². The topological polar surface area (TPSA) is 67.4 Å². The Morgan fingerprint density at radius 1 is 0.963 bits per heavy atom. The molecule has 2 aromatic rings. The number of ether oxygens (including phenoxy) is 1. The lowest BCUT2D eigenvalue weighted by Crippen LogP contribution is -2.27. The number of anilines is 2. The summed E-state index contributed by atoms with van der Waals surface area (Å²) in [6.45, 7) is 5.21. The summed E-state index contributed by atoms with van der Waals surface area (Å²) in [7, 11) is 0. The fraction of sp³-hybridized carbons (Fsp3) is 0.200. The molecule has 0 bridgehead atoms. The summed E-state index contributed by atoms with van der Waals surface area (Å²) in [5, 5.41) is 5.16. The van der Waals surface area contributed by atoms with Gasteiger partial charge in [-0.05, 0) is 56.7 Å².